The molecule has 1 amide bonds. The van der Waals surface area contributed by atoms with Crippen LogP contribution in [0.3, 0.4) is 0 Å². The molecule has 1 saturated heterocycles. The molecule has 1 aliphatic heterocycles. The Hall–Kier alpha value is -4.04. The summed E-state index contributed by atoms with van der Waals surface area (Å²) in [6.07, 6.45) is 0. The van der Waals surface area contributed by atoms with E-state index in [2.05, 4.69) is 4.98 Å². The molecule has 34 heavy (non-hydrogen) atoms. The first-order valence-corrected chi connectivity index (χ1v) is 11.3. The zero-order chi connectivity index (χ0) is 24.0. The normalized spacial score (nSPS) is 17.5. The number of benzene rings is 3. The van der Waals surface area contributed by atoms with Crippen LogP contribution in [0.1, 0.15) is 22.7 Å². The maximum absolute atomic E-state index is 13.8. The Balaban J connectivity index is 1.76. The van der Waals surface area contributed by atoms with E-state index >= 15 is 0 Å². The number of thiazole rings is 1. The molecule has 3 aromatic carbocycles. The van der Waals surface area contributed by atoms with Crippen LogP contribution in [0.25, 0.3) is 16.0 Å². The number of ketones is 1. The van der Waals surface area contributed by atoms with Crippen molar-refractivity contribution in [3.05, 3.63) is 94.8 Å². The number of ether oxygens (including phenoxy) is 1. The van der Waals surface area contributed by atoms with Crippen LogP contribution in [-0.2, 0) is 9.59 Å². The molecule has 2 heterocycles. The molecule has 5 rings (SSSR count). The van der Waals surface area contributed by atoms with Crippen molar-refractivity contribution in [2.75, 3.05) is 12.0 Å². The highest BCUT2D eigenvalue weighted by Crippen LogP contribution is 2.46. The zero-order valence-electron chi connectivity index (χ0n) is 18.3. The van der Waals surface area contributed by atoms with Gasteiger partial charge in [0.1, 0.15) is 23.4 Å². The molecular weight excluding hydrogens is 455 g/mol. The number of halogens is 1. The number of rotatable bonds is 4. The van der Waals surface area contributed by atoms with Crippen LogP contribution in [0.2, 0.25) is 0 Å². The Morgan fingerprint density at radius 2 is 1.82 bits per heavy atom. The van der Waals surface area contributed by atoms with Crippen molar-refractivity contribution < 1.29 is 23.8 Å². The van der Waals surface area contributed by atoms with Gasteiger partial charge >= 0.3 is 5.91 Å². The van der Waals surface area contributed by atoms with Crippen molar-refractivity contribution in [3.63, 3.8) is 0 Å². The van der Waals surface area contributed by atoms with E-state index in [9.17, 15) is 19.1 Å². The van der Waals surface area contributed by atoms with Crippen molar-refractivity contribution in [1.82, 2.24) is 4.98 Å². The van der Waals surface area contributed by atoms with Crippen LogP contribution in [0.15, 0.2) is 72.3 Å². The van der Waals surface area contributed by atoms with E-state index in [-0.39, 0.29) is 16.5 Å². The highest BCUT2D eigenvalue weighted by Gasteiger charge is 2.49. The Bertz CT molecular complexity index is 1480. The van der Waals surface area contributed by atoms with Gasteiger partial charge in [0.15, 0.2) is 5.13 Å². The van der Waals surface area contributed by atoms with Gasteiger partial charge < -0.3 is 9.84 Å². The first-order valence-electron chi connectivity index (χ1n) is 10.5. The summed E-state index contributed by atoms with van der Waals surface area (Å²) in [4.78, 5) is 32.3. The maximum atomic E-state index is 13.8. The van der Waals surface area contributed by atoms with Crippen molar-refractivity contribution in [2.45, 2.75) is 13.0 Å². The molecule has 0 radical (unpaired) electrons. The minimum absolute atomic E-state index is 0.0659. The standard InChI is InChI=1S/C26H19FN2O4S/c1-14-7-9-15(10-8-14)23(30)21-22(17-5-3-4-6-19(17)33-2)29(25(32)24(21)31)26-28-18-12-11-16(27)13-20(18)34-26/h3-13,22,30H,1-2H3/b23-21+. The monoisotopic (exact) mass is 474 g/mol. The summed E-state index contributed by atoms with van der Waals surface area (Å²) < 4.78 is 19.8. The van der Waals surface area contributed by atoms with E-state index in [1.54, 1.807) is 36.4 Å². The average molecular weight is 475 g/mol. The molecule has 0 saturated carbocycles. The largest absolute Gasteiger partial charge is 0.507 e. The van der Waals surface area contributed by atoms with Crippen molar-refractivity contribution in [2.24, 2.45) is 0 Å². The van der Waals surface area contributed by atoms with E-state index in [1.165, 1.54) is 30.2 Å². The van der Waals surface area contributed by atoms with Gasteiger partial charge in [-0.15, -0.1) is 0 Å². The molecule has 0 aliphatic carbocycles. The van der Waals surface area contributed by atoms with Gasteiger partial charge in [0.25, 0.3) is 5.78 Å². The first-order chi connectivity index (χ1) is 16.4. The number of amides is 1. The summed E-state index contributed by atoms with van der Waals surface area (Å²) in [5, 5.41) is 11.4. The second-order valence-corrected chi connectivity index (χ2v) is 8.89. The summed E-state index contributed by atoms with van der Waals surface area (Å²) in [6.45, 7) is 1.91. The number of methoxy groups -OCH3 is 1. The predicted molar refractivity (Wildman–Crippen MR) is 129 cm³/mol. The zero-order valence-corrected chi connectivity index (χ0v) is 19.1. The molecule has 0 spiro atoms. The topological polar surface area (TPSA) is 79.7 Å². The van der Waals surface area contributed by atoms with Crippen LogP contribution >= 0.6 is 11.3 Å². The molecule has 1 atom stereocenters. The van der Waals surface area contributed by atoms with Gasteiger partial charge in [0.05, 0.1) is 22.9 Å². The van der Waals surface area contributed by atoms with Crippen LogP contribution in [-0.4, -0.2) is 28.9 Å². The number of carbonyl (C=O) groups is 2. The maximum Gasteiger partial charge on any atom is 0.301 e. The number of para-hydroxylation sites is 1. The molecule has 8 heteroatoms. The van der Waals surface area contributed by atoms with Gasteiger partial charge in [-0.1, -0.05) is 59.4 Å². The van der Waals surface area contributed by atoms with Crippen LogP contribution < -0.4 is 9.64 Å². The van der Waals surface area contributed by atoms with E-state index in [1.807, 2.05) is 19.1 Å². The number of Topliss-reactive ketones (excluding diaryl/α,β-unsaturated/α-hetero) is 1. The van der Waals surface area contributed by atoms with Gasteiger partial charge in [0.2, 0.25) is 0 Å². The SMILES string of the molecule is COc1ccccc1C1/C(=C(\O)c2ccc(C)cc2)C(=O)C(=O)N1c1nc2ccc(F)cc2s1. The number of hydrogen-bond donors (Lipinski definition) is 1. The molecule has 1 unspecified atom stereocenters. The molecular formula is C26H19FN2O4S. The lowest BCUT2D eigenvalue weighted by Gasteiger charge is -2.24. The Kier molecular flexibility index (Phi) is 5.37. The lowest BCUT2D eigenvalue weighted by Crippen LogP contribution is -2.29. The van der Waals surface area contributed by atoms with Crippen LogP contribution in [0.4, 0.5) is 9.52 Å². The molecule has 1 fully saturated rings. The number of nitrogens with zero attached hydrogens (tertiary/aromatic N) is 2. The second-order valence-electron chi connectivity index (χ2n) is 7.89. The number of anilines is 1. The number of aromatic nitrogens is 1. The molecule has 4 aromatic rings. The Labute approximate surface area is 198 Å². The Morgan fingerprint density at radius 1 is 1.09 bits per heavy atom. The third-order valence-electron chi connectivity index (χ3n) is 5.75. The van der Waals surface area contributed by atoms with Crippen molar-refractivity contribution in [3.8, 4) is 5.75 Å². The van der Waals surface area contributed by atoms with Gasteiger partial charge in [0, 0.05) is 11.1 Å². The fourth-order valence-corrected chi connectivity index (χ4v) is 5.09. The van der Waals surface area contributed by atoms with Crippen molar-refractivity contribution >= 4 is 44.1 Å². The van der Waals surface area contributed by atoms with E-state index < -0.39 is 23.5 Å². The number of hydrogen-bond acceptors (Lipinski definition) is 6. The number of carbonyl (C=O) groups excluding carboxylic acids is 2. The average Bonchev–Trinajstić information content (AvgIpc) is 3.36. The molecule has 0 bridgehead atoms. The number of aliphatic hydroxyl groups is 1. The van der Waals surface area contributed by atoms with Gasteiger partial charge in [-0.05, 0) is 31.2 Å². The summed E-state index contributed by atoms with van der Waals surface area (Å²) >= 11 is 1.09. The number of fused-ring (bicyclic) bond motifs is 1. The number of aliphatic hydroxyl groups excluding tert-OH is 1. The van der Waals surface area contributed by atoms with E-state index in [0.29, 0.717) is 27.1 Å². The van der Waals surface area contributed by atoms with Crippen LogP contribution in [0, 0.1) is 12.7 Å². The minimum atomic E-state index is -0.983. The highest BCUT2D eigenvalue weighted by atomic mass is 32.1. The summed E-state index contributed by atoms with van der Waals surface area (Å²) in [5.41, 5.74) is 2.35. The highest BCUT2D eigenvalue weighted by molar-refractivity contribution is 7.22. The minimum Gasteiger partial charge on any atom is -0.507 e. The predicted octanol–water partition coefficient (Wildman–Crippen LogP) is 5.38. The van der Waals surface area contributed by atoms with Gasteiger partial charge in [-0.2, -0.15) is 0 Å². The first kappa shape index (κ1) is 21.8. The lowest BCUT2D eigenvalue weighted by atomic mass is 9.94. The third kappa shape index (κ3) is 3.52. The summed E-state index contributed by atoms with van der Waals surface area (Å²) in [7, 11) is 1.49. The molecule has 6 nitrogen and oxygen atoms in total. The third-order valence-corrected chi connectivity index (χ3v) is 6.77. The van der Waals surface area contributed by atoms with E-state index in [0.717, 1.165) is 16.9 Å². The summed E-state index contributed by atoms with van der Waals surface area (Å²) in [5.74, 6) is -1.93. The molecule has 1 aliphatic rings. The quantitative estimate of drug-likeness (QED) is 0.244. The molecule has 1 N–H and O–H groups in total. The lowest BCUT2D eigenvalue weighted by molar-refractivity contribution is -0.132. The molecule has 170 valence electrons. The second kappa shape index (κ2) is 8.39. The van der Waals surface area contributed by atoms with Gasteiger partial charge in [-0.25, -0.2) is 9.37 Å². The summed E-state index contributed by atoms with van der Waals surface area (Å²) in [6, 6.07) is 17.1. The van der Waals surface area contributed by atoms with Gasteiger partial charge in [-0.3, -0.25) is 14.5 Å². The van der Waals surface area contributed by atoms with Crippen LogP contribution in [0.5, 0.6) is 5.75 Å². The molecule has 1 aromatic heterocycles. The van der Waals surface area contributed by atoms with Crippen molar-refractivity contribution in [1.29, 1.82) is 0 Å². The number of aryl methyl sites for hydroxylation is 1. The fourth-order valence-electron chi connectivity index (χ4n) is 4.07. The van der Waals surface area contributed by atoms with E-state index in [4.69, 9.17) is 4.74 Å². The fraction of sp³-hybridized carbons (Fsp3) is 0.115. The smallest absolute Gasteiger partial charge is 0.301 e. The Morgan fingerprint density at radius 3 is 2.56 bits per heavy atom.